The van der Waals surface area contributed by atoms with Gasteiger partial charge in [0.2, 0.25) is 0 Å². The Morgan fingerprint density at radius 1 is 1.39 bits per heavy atom. The molecule has 2 rings (SSSR count). The second-order valence-corrected chi connectivity index (χ2v) is 5.81. The van der Waals surface area contributed by atoms with Crippen molar-refractivity contribution in [1.29, 1.82) is 0 Å². The Bertz CT molecular complexity index is 356. The van der Waals surface area contributed by atoms with Gasteiger partial charge in [-0.1, -0.05) is 19.3 Å². The summed E-state index contributed by atoms with van der Waals surface area (Å²) in [6.45, 7) is 5.09. The van der Waals surface area contributed by atoms with Crippen LogP contribution in [0.4, 0.5) is 0 Å². The van der Waals surface area contributed by atoms with Crippen molar-refractivity contribution in [3.63, 3.8) is 0 Å². The number of halogens is 1. The molecule has 0 amide bonds. The van der Waals surface area contributed by atoms with Crippen LogP contribution >= 0.6 is 11.6 Å². The summed E-state index contributed by atoms with van der Waals surface area (Å²) in [5.41, 5.74) is 0.351. The summed E-state index contributed by atoms with van der Waals surface area (Å²) in [5, 5.41) is 3.58. The van der Waals surface area contributed by atoms with Gasteiger partial charge in [-0.05, 0) is 25.2 Å². The Morgan fingerprint density at radius 3 is 2.78 bits per heavy atom. The lowest BCUT2D eigenvalue weighted by Gasteiger charge is -2.35. The number of hydrogen-bond acceptors (Lipinski definition) is 2. The van der Waals surface area contributed by atoms with Crippen LogP contribution in [-0.2, 0) is 6.54 Å². The van der Waals surface area contributed by atoms with E-state index in [1.54, 1.807) is 0 Å². The summed E-state index contributed by atoms with van der Waals surface area (Å²) in [6.07, 6.45) is 10.5. The van der Waals surface area contributed by atoms with Gasteiger partial charge in [0.1, 0.15) is 5.82 Å². The molecule has 1 aromatic rings. The predicted molar refractivity (Wildman–Crippen MR) is 76.1 cm³/mol. The molecule has 1 N–H and O–H groups in total. The maximum absolute atomic E-state index is 6.19. The number of aryl methyl sites for hydroxylation is 1. The first-order chi connectivity index (χ1) is 8.76. The highest BCUT2D eigenvalue weighted by molar-refractivity contribution is 6.18. The van der Waals surface area contributed by atoms with Crippen molar-refractivity contribution in [3.05, 3.63) is 18.2 Å². The van der Waals surface area contributed by atoms with E-state index < -0.39 is 0 Å². The molecule has 1 heterocycles. The van der Waals surface area contributed by atoms with Gasteiger partial charge in [0.15, 0.2) is 0 Å². The number of nitrogens with one attached hydrogen (secondary N) is 1. The zero-order valence-corrected chi connectivity index (χ0v) is 12.0. The largest absolute Gasteiger partial charge is 0.334 e. The smallest absolute Gasteiger partial charge is 0.105 e. The van der Waals surface area contributed by atoms with Gasteiger partial charge >= 0.3 is 0 Å². The Kier molecular flexibility index (Phi) is 5.07. The number of alkyl halides is 1. The summed E-state index contributed by atoms with van der Waals surface area (Å²) < 4.78 is 2.18. The average Bonchev–Trinajstić information content (AvgIpc) is 2.82. The van der Waals surface area contributed by atoms with Gasteiger partial charge < -0.3 is 9.88 Å². The highest BCUT2D eigenvalue weighted by Crippen LogP contribution is 2.36. The van der Waals surface area contributed by atoms with Crippen molar-refractivity contribution in [3.8, 4) is 0 Å². The number of nitrogens with zero attached hydrogens (tertiary/aromatic N) is 2. The second-order valence-electron chi connectivity index (χ2n) is 5.54. The van der Waals surface area contributed by atoms with Crippen LogP contribution in [0.15, 0.2) is 12.4 Å². The van der Waals surface area contributed by atoms with E-state index in [1.807, 2.05) is 19.3 Å². The van der Waals surface area contributed by atoms with Crippen LogP contribution in [0.5, 0.6) is 0 Å². The second kappa shape index (κ2) is 6.58. The molecule has 1 aliphatic carbocycles. The van der Waals surface area contributed by atoms with Crippen molar-refractivity contribution in [2.24, 2.45) is 5.41 Å². The van der Waals surface area contributed by atoms with Crippen LogP contribution in [0.2, 0.25) is 0 Å². The zero-order valence-electron chi connectivity index (χ0n) is 11.3. The molecule has 0 bridgehead atoms. The van der Waals surface area contributed by atoms with Crippen molar-refractivity contribution in [1.82, 2.24) is 14.9 Å². The molecular formula is C14H24ClN3. The Labute approximate surface area is 115 Å². The fourth-order valence-electron chi connectivity index (χ4n) is 2.85. The minimum Gasteiger partial charge on any atom is -0.334 e. The van der Waals surface area contributed by atoms with Crippen LogP contribution in [0.1, 0.15) is 37.9 Å². The van der Waals surface area contributed by atoms with Crippen LogP contribution < -0.4 is 5.32 Å². The van der Waals surface area contributed by atoms with E-state index >= 15 is 0 Å². The van der Waals surface area contributed by atoms with Crippen molar-refractivity contribution in [2.75, 3.05) is 19.0 Å². The predicted octanol–water partition coefficient (Wildman–Crippen LogP) is 2.97. The molecule has 102 valence electrons. The van der Waals surface area contributed by atoms with Gasteiger partial charge in [0, 0.05) is 37.9 Å². The molecule has 4 heteroatoms. The molecule has 0 radical (unpaired) electrons. The van der Waals surface area contributed by atoms with Gasteiger partial charge in [-0.3, -0.25) is 0 Å². The van der Waals surface area contributed by atoms with Gasteiger partial charge in [-0.15, -0.1) is 11.6 Å². The lowest BCUT2D eigenvalue weighted by atomic mass is 9.75. The van der Waals surface area contributed by atoms with E-state index in [0.29, 0.717) is 5.41 Å². The van der Waals surface area contributed by atoms with E-state index in [2.05, 4.69) is 14.9 Å². The van der Waals surface area contributed by atoms with Crippen LogP contribution in [-0.4, -0.2) is 28.5 Å². The molecular weight excluding hydrogens is 246 g/mol. The number of aromatic nitrogens is 2. The maximum atomic E-state index is 6.19. The van der Waals surface area contributed by atoms with E-state index in [1.165, 1.54) is 32.1 Å². The molecule has 0 saturated heterocycles. The molecule has 1 saturated carbocycles. The normalized spacial score (nSPS) is 19.0. The molecule has 0 aliphatic heterocycles. The highest BCUT2D eigenvalue weighted by Gasteiger charge is 2.30. The lowest BCUT2D eigenvalue weighted by molar-refractivity contribution is 0.212. The molecule has 18 heavy (non-hydrogen) atoms. The molecule has 1 aliphatic rings. The van der Waals surface area contributed by atoms with E-state index in [0.717, 1.165) is 31.3 Å². The first-order valence-corrected chi connectivity index (χ1v) is 7.54. The zero-order chi connectivity index (χ0) is 12.8. The van der Waals surface area contributed by atoms with Crippen LogP contribution in [0.3, 0.4) is 0 Å². The van der Waals surface area contributed by atoms with Crippen LogP contribution in [0.25, 0.3) is 0 Å². The van der Waals surface area contributed by atoms with E-state index in [9.17, 15) is 0 Å². The summed E-state index contributed by atoms with van der Waals surface area (Å²) in [5.74, 6) is 1.88. The summed E-state index contributed by atoms with van der Waals surface area (Å²) >= 11 is 6.19. The van der Waals surface area contributed by atoms with Crippen molar-refractivity contribution < 1.29 is 0 Å². The van der Waals surface area contributed by atoms with Gasteiger partial charge in [0.25, 0.3) is 0 Å². The Hall–Kier alpha value is -0.540. The van der Waals surface area contributed by atoms with Crippen LogP contribution in [0, 0.1) is 12.3 Å². The molecule has 1 aromatic heterocycles. The summed E-state index contributed by atoms with van der Waals surface area (Å²) in [7, 11) is 0. The molecule has 0 unspecified atom stereocenters. The van der Waals surface area contributed by atoms with Gasteiger partial charge in [-0.25, -0.2) is 4.98 Å². The number of imidazole rings is 1. The molecule has 0 aromatic carbocycles. The van der Waals surface area contributed by atoms with Gasteiger partial charge in [-0.2, -0.15) is 0 Å². The SMILES string of the molecule is Cc1nccn1CCNCC1(CCl)CCCCC1. The topological polar surface area (TPSA) is 29.9 Å². The van der Waals surface area contributed by atoms with E-state index in [-0.39, 0.29) is 0 Å². The fourth-order valence-corrected chi connectivity index (χ4v) is 3.21. The molecule has 1 fully saturated rings. The van der Waals surface area contributed by atoms with Crippen molar-refractivity contribution in [2.45, 2.75) is 45.6 Å². The lowest BCUT2D eigenvalue weighted by Crippen LogP contribution is -2.38. The Balaban J connectivity index is 1.72. The third kappa shape index (κ3) is 3.48. The highest BCUT2D eigenvalue weighted by atomic mass is 35.5. The minimum absolute atomic E-state index is 0.351. The molecule has 3 nitrogen and oxygen atoms in total. The Morgan fingerprint density at radius 2 is 2.17 bits per heavy atom. The molecule has 0 atom stereocenters. The summed E-state index contributed by atoms with van der Waals surface area (Å²) in [6, 6.07) is 0. The van der Waals surface area contributed by atoms with Crippen molar-refractivity contribution >= 4 is 11.6 Å². The minimum atomic E-state index is 0.351. The first-order valence-electron chi connectivity index (χ1n) is 7.00. The monoisotopic (exact) mass is 269 g/mol. The fraction of sp³-hybridized carbons (Fsp3) is 0.786. The molecule has 0 spiro atoms. The first kappa shape index (κ1) is 13.9. The maximum Gasteiger partial charge on any atom is 0.105 e. The van der Waals surface area contributed by atoms with E-state index in [4.69, 9.17) is 11.6 Å². The number of rotatable bonds is 6. The standard InChI is InChI=1S/C14H24ClN3/c1-13-17-8-10-18(13)9-7-16-12-14(11-15)5-3-2-4-6-14/h8,10,16H,2-7,9,11-12H2,1H3. The third-order valence-corrected chi connectivity index (χ3v) is 4.72. The quantitative estimate of drug-likeness (QED) is 0.636. The number of hydrogen-bond donors (Lipinski definition) is 1. The third-order valence-electron chi connectivity index (χ3n) is 4.15. The van der Waals surface area contributed by atoms with Gasteiger partial charge in [0.05, 0.1) is 0 Å². The average molecular weight is 270 g/mol. The summed E-state index contributed by atoms with van der Waals surface area (Å²) in [4.78, 5) is 4.23.